The fraction of sp³-hybridized carbons (Fsp3) is 1.00. The minimum absolute atomic E-state index is 0.372. The number of halogens is 1. The van der Waals surface area contributed by atoms with Crippen molar-refractivity contribution < 1.29 is 4.43 Å². The first-order valence-electron chi connectivity index (χ1n) is 3.19. The molecule has 3 heteroatoms. The van der Waals surface area contributed by atoms with Crippen LogP contribution in [0, 0.1) is 0 Å². The van der Waals surface area contributed by atoms with Crippen molar-refractivity contribution in [1.29, 1.82) is 0 Å². The summed E-state index contributed by atoms with van der Waals surface area (Å²) in [7, 11) is -1.27. The molecule has 56 valence electrons. The summed E-state index contributed by atoms with van der Waals surface area (Å²) < 4.78 is 5.68. The van der Waals surface area contributed by atoms with E-state index in [-0.39, 0.29) is 0 Å². The Labute approximate surface area is 67.0 Å². The molecule has 0 saturated carbocycles. The Balaban J connectivity index is 3.47. The predicted octanol–water partition coefficient (Wildman–Crippen LogP) is 2.62. The lowest BCUT2D eigenvalue weighted by molar-refractivity contribution is 0.241. The van der Waals surface area contributed by atoms with E-state index in [0.717, 1.165) is 5.33 Å². The molecule has 0 amide bonds. The largest absolute Gasteiger partial charge is 0.414 e. The molecule has 0 radical (unpaired) electrons. The molecular formula is C6H15BrOSi. The topological polar surface area (TPSA) is 9.23 Å². The number of hydrogen-bond acceptors (Lipinski definition) is 1. The van der Waals surface area contributed by atoms with Crippen LogP contribution in [0.1, 0.15) is 6.92 Å². The molecule has 0 heterocycles. The lowest BCUT2D eigenvalue weighted by Crippen LogP contribution is -2.31. The maximum Gasteiger partial charge on any atom is 0.184 e. The van der Waals surface area contributed by atoms with Gasteiger partial charge >= 0.3 is 0 Å². The van der Waals surface area contributed by atoms with Crippen LogP contribution in [0.3, 0.4) is 0 Å². The van der Waals surface area contributed by atoms with Gasteiger partial charge in [-0.15, -0.1) is 0 Å². The van der Waals surface area contributed by atoms with Crippen molar-refractivity contribution >= 4 is 24.2 Å². The summed E-state index contributed by atoms with van der Waals surface area (Å²) >= 11 is 3.36. The lowest BCUT2D eigenvalue weighted by Gasteiger charge is -2.21. The summed E-state index contributed by atoms with van der Waals surface area (Å²) in [4.78, 5) is 0. The van der Waals surface area contributed by atoms with Crippen LogP contribution in [-0.4, -0.2) is 19.8 Å². The molecule has 0 bridgehead atoms. The monoisotopic (exact) mass is 210 g/mol. The van der Waals surface area contributed by atoms with Crippen LogP contribution in [-0.2, 0) is 4.43 Å². The van der Waals surface area contributed by atoms with E-state index < -0.39 is 8.32 Å². The number of hydrogen-bond donors (Lipinski definition) is 0. The normalized spacial score (nSPS) is 15.7. The van der Waals surface area contributed by atoms with Gasteiger partial charge in [-0.3, -0.25) is 0 Å². The fourth-order valence-electron chi connectivity index (χ4n) is 0.635. The van der Waals surface area contributed by atoms with Gasteiger partial charge in [0.25, 0.3) is 0 Å². The standard InChI is InChI=1S/C6H15BrOSi/c1-6(5-7)8-9(2,3)4/h6H,5H2,1-4H3. The van der Waals surface area contributed by atoms with E-state index in [0.29, 0.717) is 6.10 Å². The summed E-state index contributed by atoms with van der Waals surface area (Å²) in [5.41, 5.74) is 0. The fourth-order valence-corrected chi connectivity index (χ4v) is 2.30. The Morgan fingerprint density at radius 3 is 2.00 bits per heavy atom. The van der Waals surface area contributed by atoms with Gasteiger partial charge in [-0.05, 0) is 26.6 Å². The third kappa shape index (κ3) is 6.54. The van der Waals surface area contributed by atoms with Gasteiger partial charge in [0.2, 0.25) is 0 Å². The molecule has 0 rings (SSSR count). The Morgan fingerprint density at radius 1 is 1.44 bits per heavy atom. The molecule has 1 unspecified atom stereocenters. The zero-order chi connectivity index (χ0) is 7.49. The first kappa shape index (κ1) is 9.66. The summed E-state index contributed by atoms with van der Waals surface area (Å²) in [5.74, 6) is 0. The molecule has 1 atom stereocenters. The van der Waals surface area contributed by atoms with E-state index in [2.05, 4.69) is 42.5 Å². The molecule has 0 fully saturated rings. The zero-order valence-electron chi connectivity index (χ0n) is 6.57. The molecule has 0 aromatic rings. The predicted molar refractivity (Wildman–Crippen MR) is 47.7 cm³/mol. The second-order valence-corrected chi connectivity index (χ2v) is 8.30. The van der Waals surface area contributed by atoms with Crippen LogP contribution < -0.4 is 0 Å². The van der Waals surface area contributed by atoms with Gasteiger partial charge in [-0.2, -0.15) is 0 Å². The molecule has 0 saturated heterocycles. The van der Waals surface area contributed by atoms with Crippen molar-refractivity contribution in [1.82, 2.24) is 0 Å². The second-order valence-electron chi connectivity index (χ2n) is 3.20. The Hall–Kier alpha value is 0.657. The van der Waals surface area contributed by atoms with Gasteiger partial charge in [-0.1, -0.05) is 15.9 Å². The number of alkyl halides is 1. The van der Waals surface area contributed by atoms with Crippen LogP contribution in [0.4, 0.5) is 0 Å². The van der Waals surface area contributed by atoms with E-state index in [1.54, 1.807) is 0 Å². The molecule has 0 aliphatic rings. The number of rotatable bonds is 3. The molecule has 1 nitrogen and oxygen atoms in total. The van der Waals surface area contributed by atoms with E-state index in [9.17, 15) is 0 Å². The van der Waals surface area contributed by atoms with Crippen LogP contribution in [0.5, 0.6) is 0 Å². The maximum absolute atomic E-state index is 5.68. The molecule has 0 aliphatic carbocycles. The Bertz CT molecular complexity index is 79.6. The van der Waals surface area contributed by atoms with Gasteiger partial charge in [-0.25, -0.2) is 0 Å². The van der Waals surface area contributed by atoms with Crippen molar-refractivity contribution in [3.8, 4) is 0 Å². The van der Waals surface area contributed by atoms with Crippen LogP contribution in [0.25, 0.3) is 0 Å². The lowest BCUT2D eigenvalue weighted by atomic mass is 10.5. The second kappa shape index (κ2) is 3.74. The van der Waals surface area contributed by atoms with Crippen LogP contribution in [0.15, 0.2) is 0 Å². The SMILES string of the molecule is CC(CBr)O[Si](C)(C)C. The van der Waals surface area contributed by atoms with E-state index in [1.165, 1.54) is 0 Å². The van der Waals surface area contributed by atoms with E-state index in [4.69, 9.17) is 4.43 Å². The minimum Gasteiger partial charge on any atom is -0.414 e. The molecule has 0 N–H and O–H groups in total. The summed E-state index contributed by atoms with van der Waals surface area (Å²) in [5, 5.41) is 0.942. The molecule has 0 spiro atoms. The molecular weight excluding hydrogens is 196 g/mol. The summed E-state index contributed by atoms with van der Waals surface area (Å²) in [6, 6.07) is 0. The van der Waals surface area contributed by atoms with E-state index in [1.807, 2.05) is 0 Å². The van der Waals surface area contributed by atoms with E-state index >= 15 is 0 Å². The molecule has 0 aromatic carbocycles. The average molecular weight is 211 g/mol. The Kier molecular flexibility index (Phi) is 4.01. The third-order valence-corrected chi connectivity index (χ3v) is 2.79. The van der Waals surface area contributed by atoms with Crippen molar-refractivity contribution in [3.05, 3.63) is 0 Å². The minimum atomic E-state index is -1.27. The molecule has 0 aliphatic heterocycles. The van der Waals surface area contributed by atoms with Crippen LogP contribution in [0.2, 0.25) is 19.6 Å². The van der Waals surface area contributed by atoms with Gasteiger partial charge in [0.15, 0.2) is 8.32 Å². The van der Waals surface area contributed by atoms with Gasteiger partial charge < -0.3 is 4.43 Å². The highest BCUT2D eigenvalue weighted by Crippen LogP contribution is 2.07. The highest BCUT2D eigenvalue weighted by atomic mass is 79.9. The van der Waals surface area contributed by atoms with Crippen LogP contribution >= 0.6 is 15.9 Å². The quantitative estimate of drug-likeness (QED) is 0.515. The first-order valence-corrected chi connectivity index (χ1v) is 7.72. The third-order valence-electron chi connectivity index (χ3n) is 0.772. The molecule has 9 heavy (non-hydrogen) atoms. The summed E-state index contributed by atoms with van der Waals surface area (Å²) in [6.45, 7) is 8.69. The van der Waals surface area contributed by atoms with Gasteiger partial charge in [0.05, 0.1) is 6.10 Å². The van der Waals surface area contributed by atoms with Crippen molar-refractivity contribution in [2.45, 2.75) is 32.7 Å². The van der Waals surface area contributed by atoms with Crippen molar-refractivity contribution in [2.75, 3.05) is 5.33 Å². The average Bonchev–Trinajstić information content (AvgIpc) is 1.62. The smallest absolute Gasteiger partial charge is 0.184 e. The molecule has 0 aromatic heterocycles. The highest BCUT2D eigenvalue weighted by molar-refractivity contribution is 9.09. The van der Waals surface area contributed by atoms with Gasteiger partial charge in [0, 0.05) is 5.33 Å². The van der Waals surface area contributed by atoms with Gasteiger partial charge in [0.1, 0.15) is 0 Å². The highest BCUT2D eigenvalue weighted by Gasteiger charge is 2.16. The zero-order valence-corrected chi connectivity index (χ0v) is 9.16. The maximum atomic E-state index is 5.68. The summed E-state index contributed by atoms with van der Waals surface area (Å²) in [6.07, 6.45) is 0.372. The van der Waals surface area contributed by atoms with Crippen molar-refractivity contribution in [2.24, 2.45) is 0 Å². The first-order chi connectivity index (χ1) is 3.95. The van der Waals surface area contributed by atoms with Crippen molar-refractivity contribution in [3.63, 3.8) is 0 Å². The Morgan fingerprint density at radius 2 is 1.89 bits per heavy atom.